The molecule has 0 bridgehead atoms. The lowest BCUT2D eigenvalue weighted by Crippen LogP contribution is -2.22. The van der Waals surface area contributed by atoms with Crippen LogP contribution in [-0.2, 0) is 11.5 Å². The van der Waals surface area contributed by atoms with E-state index in [1.54, 1.807) is 10.7 Å². The van der Waals surface area contributed by atoms with Crippen LogP contribution in [0.1, 0.15) is 10.4 Å². The SMILES string of the molecule is C[Si](C)(C)CCOCn1cc(-c2ccc(-c3cc(C(N)=O)c(N)s3)cc2)nn1. The average Bonchev–Trinajstić information content (AvgIpc) is 3.25. The minimum Gasteiger partial charge on any atom is -0.390 e. The predicted molar refractivity (Wildman–Crippen MR) is 116 cm³/mol. The highest BCUT2D eigenvalue weighted by Gasteiger charge is 2.14. The Morgan fingerprint density at radius 3 is 2.50 bits per heavy atom. The van der Waals surface area contributed by atoms with Crippen LogP contribution in [0, 0.1) is 0 Å². The molecule has 3 rings (SSSR count). The molecule has 2 heterocycles. The van der Waals surface area contributed by atoms with Gasteiger partial charge in [-0.3, -0.25) is 4.79 Å². The molecule has 0 saturated carbocycles. The quantitative estimate of drug-likeness (QED) is 0.431. The van der Waals surface area contributed by atoms with Crippen LogP contribution in [0.2, 0.25) is 25.7 Å². The second-order valence-corrected chi connectivity index (χ2v) is 14.5. The summed E-state index contributed by atoms with van der Waals surface area (Å²) in [4.78, 5) is 12.3. The molecule has 0 atom stereocenters. The maximum atomic E-state index is 11.4. The Morgan fingerprint density at radius 2 is 1.89 bits per heavy atom. The van der Waals surface area contributed by atoms with E-state index in [0.29, 0.717) is 17.3 Å². The molecular weight excluding hydrogens is 390 g/mol. The molecule has 0 fully saturated rings. The third kappa shape index (κ3) is 5.06. The van der Waals surface area contributed by atoms with Crippen molar-refractivity contribution in [3.05, 3.63) is 42.1 Å². The molecule has 2 aromatic heterocycles. The number of hydrogen-bond acceptors (Lipinski definition) is 6. The summed E-state index contributed by atoms with van der Waals surface area (Å²) in [5, 5.41) is 8.78. The van der Waals surface area contributed by atoms with Crippen molar-refractivity contribution < 1.29 is 9.53 Å². The molecule has 1 aromatic carbocycles. The summed E-state index contributed by atoms with van der Waals surface area (Å²) in [5.41, 5.74) is 14.3. The minimum absolute atomic E-state index is 0.362. The lowest BCUT2D eigenvalue weighted by atomic mass is 10.1. The Hall–Kier alpha value is -2.49. The van der Waals surface area contributed by atoms with Crippen LogP contribution in [0.4, 0.5) is 5.00 Å². The van der Waals surface area contributed by atoms with E-state index < -0.39 is 14.0 Å². The minimum atomic E-state index is -1.09. The average molecular weight is 416 g/mol. The van der Waals surface area contributed by atoms with Gasteiger partial charge >= 0.3 is 0 Å². The van der Waals surface area contributed by atoms with E-state index in [4.69, 9.17) is 16.2 Å². The van der Waals surface area contributed by atoms with Gasteiger partial charge in [0.05, 0.1) is 16.8 Å². The van der Waals surface area contributed by atoms with Gasteiger partial charge in [-0.05, 0) is 17.7 Å². The highest BCUT2D eigenvalue weighted by atomic mass is 32.1. The molecule has 0 aliphatic rings. The fraction of sp³-hybridized carbons (Fsp3) is 0.316. The molecule has 0 spiro atoms. The summed E-state index contributed by atoms with van der Waals surface area (Å²) in [6.07, 6.45) is 1.87. The molecular formula is C19H25N5O2SSi. The van der Waals surface area contributed by atoms with Crippen LogP contribution in [-0.4, -0.2) is 35.6 Å². The first-order chi connectivity index (χ1) is 13.2. The van der Waals surface area contributed by atoms with E-state index in [2.05, 4.69) is 30.0 Å². The van der Waals surface area contributed by atoms with E-state index in [9.17, 15) is 4.79 Å². The third-order valence-corrected chi connectivity index (χ3v) is 6.97. The third-order valence-electron chi connectivity index (χ3n) is 4.25. The summed E-state index contributed by atoms with van der Waals surface area (Å²) >= 11 is 1.35. The number of rotatable bonds is 8. The van der Waals surface area contributed by atoms with E-state index in [1.807, 2.05) is 30.5 Å². The number of nitrogens with zero attached hydrogens (tertiary/aromatic N) is 3. The van der Waals surface area contributed by atoms with Crippen LogP contribution < -0.4 is 11.5 Å². The Labute approximate surface area is 169 Å². The number of carbonyl (C=O) groups excluding carboxylic acids is 1. The largest absolute Gasteiger partial charge is 0.390 e. The lowest BCUT2D eigenvalue weighted by Gasteiger charge is -2.15. The summed E-state index contributed by atoms with van der Waals surface area (Å²) in [7, 11) is -1.09. The molecule has 0 saturated heterocycles. The predicted octanol–water partition coefficient (Wildman–Crippen LogP) is 3.67. The van der Waals surface area contributed by atoms with Crippen LogP contribution in [0.5, 0.6) is 0 Å². The molecule has 3 aromatic rings. The van der Waals surface area contributed by atoms with Crippen molar-refractivity contribution in [1.82, 2.24) is 15.0 Å². The molecule has 4 N–H and O–H groups in total. The van der Waals surface area contributed by atoms with Crippen LogP contribution in [0.15, 0.2) is 36.5 Å². The summed E-state index contributed by atoms with van der Waals surface area (Å²) in [6.45, 7) is 8.13. The molecule has 1 amide bonds. The van der Waals surface area contributed by atoms with Crippen molar-refractivity contribution >= 4 is 30.3 Å². The zero-order valence-electron chi connectivity index (χ0n) is 16.3. The first kappa shape index (κ1) is 20.2. The second kappa shape index (κ2) is 8.25. The van der Waals surface area contributed by atoms with E-state index in [1.165, 1.54) is 11.3 Å². The van der Waals surface area contributed by atoms with Crippen molar-refractivity contribution in [2.24, 2.45) is 5.73 Å². The second-order valence-electron chi connectivity index (χ2n) is 7.82. The summed E-state index contributed by atoms with van der Waals surface area (Å²) in [6, 6.07) is 10.7. The number of aromatic nitrogens is 3. The smallest absolute Gasteiger partial charge is 0.251 e. The van der Waals surface area contributed by atoms with Crippen LogP contribution in [0.3, 0.4) is 0 Å². The Balaban J connectivity index is 1.65. The molecule has 0 radical (unpaired) electrons. The molecule has 148 valence electrons. The highest BCUT2D eigenvalue weighted by molar-refractivity contribution is 7.19. The van der Waals surface area contributed by atoms with Gasteiger partial charge in [0.1, 0.15) is 12.4 Å². The first-order valence-electron chi connectivity index (χ1n) is 9.01. The zero-order valence-corrected chi connectivity index (χ0v) is 18.1. The van der Waals surface area contributed by atoms with Crippen molar-refractivity contribution in [3.63, 3.8) is 0 Å². The van der Waals surface area contributed by atoms with Gasteiger partial charge in [0, 0.05) is 25.1 Å². The van der Waals surface area contributed by atoms with Crippen LogP contribution in [0.25, 0.3) is 21.7 Å². The first-order valence-corrected chi connectivity index (χ1v) is 13.5. The number of carbonyl (C=O) groups is 1. The van der Waals surface area contributed by atoms with Crippen molar-refractivity contribution in [3.8, 4) is 21.7 Å². The standard InChI is InChI=1S/C19H25N5O2SSi/c1-28(2,3)9-8-26-12-24-11-16(22-23-24)13-4-6-14(7-5-13)17-10-15(18(20)25)19(21)27-17/h4-7,10-11H,8-9,12,21H2,1-3H3,(H2,20,25). The number of thiophene rings is 1. The van der Waals surface area contributed by atoms with Gasteiger partial charge in [-0.25, -0.2) is 4.68 Å². The van der Waals surface area contributed by atoms with E-state index in [-0.39, 0.29) is 0 Å². The van der Waals surface area contributed by atoms with Crippen molar-refractivity contribution in [1.29, 1.82) is 0 Å². The lowest BCUT2D eigenvalue weighted by molar-refractivity contribution is 0.0772. The van der Waals surface area contributed by atoms with Gasteiger partial charge in [0.15, 0.2) is 0 Å². The molecule has 0 aliphatic heterocycles. The summed E-state index contributed by atoms with van der Waals surface area (Å²) in [5.74, 6) is -0.514. The number of nitrogen functional groups attached to an aromatic ring is 1. The van der Waals surface area contributed by atoms with E-state index >= 15 is 0 Å². The molecule has 9 heteroatoms. The number of ether oxygens (including phenoxy) is 1. The molecule has 0 aliphatic carbocycles. The number of nitrogens with two attached hydrogens (primary N) is 2. The van der Waals surface area contributed by atoms with E-state index in [0.717, 1.165) is 34.3 Å². The van der Waals surface area contributed by atoms with Crippen LogP contribution >= 0.6 is 11.3 Å². The number of primary amides is 1. The van der Waals surface area contributed by atoms with Gasteiger partial charge in [0.2, 0.25) is 0 Å². The summed E-state index contributed by atoms with van der Waals surface area (Å²) < 4.78 is 7.40. The fourth-order valence-corrected chi connectivity index (χ4v) is 4.27. The molecule has 7 nitrogen and oxygen atoms in total. The maximum absolute atomic E-state index is 11.4. The monoisotopic (exact) mass is 415 g/mol. The topological polar surface area (TPSA) is 109 Å². The molecule has 0 unspecified atom stereocenters. The van der Waals surface area contributed by atoms with Gasteiger partial charge in [-0.2, -0.15) is 0 Å². The number of amides is 1. The number of benzene rings is 1. The number of anilines is 1. The fourth-order valence-electron chi connectivity index (χ4n) is 2.58. The normalized spacial score (nSPS) is 11.7. The Bertz CT molecular complexity index is 960. The Kier molecular flexibility index (Phi) is 5.97. The highest BCUT2D eigenvalue weighted by Crippen LogP contribution is 2.34. The maximum Gasteiger partial charge on any atom is 0.251 e. The van der Waals surface area contributed by atoms with Crippen molar-refractivity contribution in [2.45, 2.75) is 32.4 Å². The van der Waals surface area contributed by atoms with Gasteiger partial charge in [-0.15, -0.1) is 16.4 Å². The van der Waals surface area contributed by atoms with Crippen molar-refractivity contribution in [2.75, 3.05) is 12.3 Å². The zero-order chi connectivity index (χ0) is 20.3. The molecule has 28 heavy (non-hydrogen) atoms. The Morgan fingerprint density at radius 1 is 1.21 bits per heavy atom. The van der Waals surface area contributed by atoms with Gasteiger partial charge < -0.3 is 16.2 Å². The van der Waals surface area contributed by atoms with Gasteiger partial charge in [-0.1, -0.05) is 49.1 Å². The van der Waals surface area contributed by atoms with Gasteiger partial charge in [0.25, 0.3) is 5.91 Å². The number of hydrogen-bond donors (Lipinski definition) is 2.